The summed E-state index contributed by atoms with van der Waals surface area (Å²) < 4.78 is 1.24. The molecule has 0 aromatic carbocycles. The minimum atomic E-state index is -0.875. The van der Waals surface area contributed by atoms with Crippen LogP contribution >= 0.6 is 11.3 Å². The molecule has 2 aromatic rings. The zero-order valence-electron chi connectivity index (χ0n) is 10.1. The number of aryl methyl sites for hydroxylation is 3. The largest absolute Gasteiger partial charge is 0.481 e. The van der Waals surface area contributed by atoms with Gasteiger partial charge < -0.3 is 5.11 Å². The normalized spacial score (nSPS) is 11.0. The number of aromatic nitrogens is 3. The van der Waals surface area contributed by atoms with Crippen LogP contribution in [0, 0.1) is 13.8 Å². The van der Waals surface area contributed by atoms with Crippen LogP contribution in [0.1, 0.15) is 23.3 Å². The molecular formula is C11H13N3O3S. The summed E-state index contributed by atoms with van der Waals surface area (Å²) in [6.45, 7) is 4.11. The Morgan fingerprint density at radius 2 is 2.17 bits per heavy atom. The summed E-state index contributed by atoms with van der Waals surface area (Å²) in [6.07, 6.45) is 0.394. The Labute approximate surface area is 107 Å². The monoisotopic (exact) mass is 267 g/mol. The number of hydrogen-bond acceptors (Lipinski definition) is 5. The van der Waals surface area contributed by atoms with E-state index in [2.05, 4.69) is 10.3 Å². The predicted octanol–water partition coefficient (Wildman–Crippen LogP) is 1.33. The topological polar surface area (TPSA) is 85.1 Å². The number of thiophene rings is 1. The molecule has 2 rings (SSSR count). The Hall–Kier alpha value is -1.76. The second-order valence-corrected chi connectivity index (χ2v) is 5.28. The van der Waals surface area contributed by atoms with E-state index in [-0.39, 0.29) is 18.5 Å². The molecule has 2 aromatic heterocycles. The standard InChI is InChI=1S/C11H13N3O3S/c1-6-7(2)18-10-9(6)11(17)14(13-12-10)5-3-4-8(15)16/h3-5H2,1-2H3,(H,15,16). The van der Waals surface area contributed by atoms with Gasteiger partial charge in [-0.05, 0) is 25.8 Å². The highest BCUT2D eigenvalue weighted by molar-refractivity contribution is 7.18. The highest BCUT2D eigenvalue weighted by Crippen LogP contribution is 2.24. The van der Waals surface area contributed by atoms with Gasteiger partial charge in [-0.3, -0.25) is 9.59 Å². The molecule has 0 fully saturated rings. The van der Waals surface area contributed by atoms with Crippen molar-refractivity contribution >= 4 is 27.5 Å². The summed E-state index contributed by atoms with van der Waals surface area (Å²) in [7, 11) is 0. The van der Waals surface area contributed by atoms with Gasteiger partial charge in [0.2, 0.25) is 0 Å². The summed E-state index contributed by atoms with van der Waals surface area (Å²) in [4.78, 5) is 24.3. The molecule has 2 heterocycles. The Balaban J connectivity index is 2.36. The Kier molecular flexibility index (Phi) is 3.42. The van der Waals surface area contributed by atoms with E-state index in [0.29, 0.717) is 16.6 Å². The van der Waals surface area contributed by atoms with E-state index in [9.17, 15) is 9.59 Å². The molecule has 0 saturated heterocycles. The maximum Gasteiger partial charge on any atom is 0.303 e. The van der Waals surface area contributed by atoms with E-state index in [1.54, 1.807) is 0 Å². The van der Waals surface area contributed by atoms with Crippen LogP contribution in [-0.4, -0.2) is 26.1 Å². The van der Waals surface area contributed by atoms with Gasteiger partial charge in [0.1, 0.15) is 0 Å². The van der Waals surface area contributed by atoms with Gasteiger partial charge in [0.05, 0.1) is 5.39 Å². The van der Waals surface area contributed by atoms with Gasteiger partial charge in [0.15, 0.2) is 4.83 Å². The van der Waals surface area contributed by atoms with Gasteiger partial charge in [-0.25, -0.2) is 4.68 Å². The summed E-state index contributed by atoms with van der Waals surface area (Å²) >= 11 is 1.45. The van der Waals surface area contributed by atoms with Crippen molar-refractivity contribution in [2.45, 2.75) is 33.2 Å². The summed E-state index contributed by atoms with van der Waals surface area (Å²) in [5.74, 6) is -0.875. The lowest BCUT2D eigenvalue weighted by Crippen LogP contribution is -2.24. The van der Waals surface area contributed by atoms with Crippen LogP contribution in [0.3, 0.4) is 0 Å². The molecule has 96 valence electrons. The molecule has 6 nitrogen and oxygen atoms in total. The lowest BCUT2D eigenvalue weighted by Gasteiger charge is -2.01. The number of fused-ring (bicyclic) bond motifs is 1. The molecule has 0 saturated carbocycles. The first kappa shape index (κ1) is 12.7. The lowest BCUT2D eigenvalue weighted by atomic mass is 10.2. The van der Waals surface area contributed by atoms with Crippen LogP contribution in [0.15, 0.2) is 4.79 Å². The van der Waals surface area contributed by atoms with Crippen molar-refractivity contribution in [1.29, 1.82) is 0 Å². The molecule has 0 spiro atoms. The van der Waals surface area contributed by atoms with Gasteiger partial charge in [0.25, 0.3) is 5.56 Å². The minimum Gasteiger partial charge on any atom is -0.481 e. The van der Waals surface area contributed by atoms with Crippen molar-refractivity contribution in [2.24, 2.45) is 0 Å². The maximum absolute atomic E-state index is 12.2. The molecule has 0 atom stereocenters. The van der Waals surface area contributed by atoms with Crippen molar-refractivity contribution in [1.82, 2.24) is 15.0 Å². The Morgan fingerprint density at radius 3 is 2.83 bits per heavy atom. The molecule has 18 heavy (non-hydrogen) atoms. The molecule has 0 radical (unpaired) electrons. The quantitative estimate of drug-likeness (QED) is 0.903. The fraction of sp³-hybridized carbons (Fsp3) is 0.455. The fourth-order valence-electron chi connectivity index (χ4n) is 1.72. The minimum absolute atomic E-state index is 0.0216. The summed E-state index contributed by atoms with van der Waals surface area (Å²) in [6, 6.07) is 0. The molecule has 0 aliphatic carbocycles. The van der Waals surface area contributed by atoms with E-state index >= 15 is 0 Å². The maximum atomic E-state index is 12.2. The zero-order chi connectivity index (χ0) is 13.3. The third-order valence-electron chi connectivity index (χ3n) is 2.82. The van der Waals surface area contributed by atoms with Crippen LogP contribution in [0.25, 0.3) is 10.2 Å². The number of carboxylic acids is 1. The van der Waals surface area contributed by atoms with E-state index in [4.69, 9.17) is 5.11 Å². The van der Waals surface area contributed by atoms with Crippen LogP contribution in [0.2, 0.25) is 0 Å². The molecule has 0 unspecified atom stereocenters. The predicted molar refractivity (Wildman–Crippen MR) is 68.0 cm³/mol. The number of carboxylic acid groups (broad SMARTS) is 1. The first-order valence-electron chi connectivity index (χ1n) is 5.56. The summed E-state index contributed by atoms with van der Waals surface area (Å²) in [5.41, 5.74) is 0.745. The average molecular weight is 267 g/mol. The molecule has 0 amide bonds. The average Bonchev–Trinajstić information content (AvgIpc) is 2.58. The van der Waals surface area contributed by atoms with Crippen molar-refractivity contribution in [3.05, 3.63) is 20.8 Å². The summed E-state index contributed by atoms with van der Waals surface area (Å²) in [5, 5.41) is 17.0. The molecule has 7 heteroatoms. The second-order valence-electron chi connectivity index (χ2n) is 4.08. The molecule has 1 N–H and O–H groups in total. The molecule has 0 aliphatic rings. The van der Waals surface area contributed by atoms with Gasteiger partial charge in [-0.1, -0.05) is 5.21 Å². The van der Waals surface area contributed by atoms with Gasteiger partial charge in [0, 0.05) is 17.8 Å². The number of aliphatic carboxylic acids is 1. The van der Waals surface area contributed by atoms with Crippen LogP contribution in [0.5, 0.6) is 0 Å². The fourth-order valence-corrected chi connectivity index (χ4v) is 2.69. The number of rotatable bonds is 4. The highest BCUT2D eigenvalue weighted by atomic mass is 32.1. The third-order valence-corrected chi connectivity index (χ3v) is 3.91. The number of nitrogens with zero attached hydrogens (tertiary/aromatic N) is 3. The van der Waals surface area contributed by atoms with E-state index in [1.807, 2.05) is 13.8 Å². The van der Waals surface area contributed by atoms with E-state index < -0.39 is 5.97 Å². The van der Waals surface area contributed by atoms with Crippen LogP contribution in [-0.2, 0) is 11.3 Å². The molecular weight excluding hydrogens is 254 g/mol. The van der Waals surface area contributed by atoms with Gasteiger partial charge in [-0.15, -0.1) is 16.4 Å². The molecule has 0 bridgehead atoms. The van der Waals surface area contributed by atoms with Crippen molar-refractivity contribution < 1.29 is 9.90 Å². The third kappa shape index (κ3) is 2.26. The van der Waals surface area contributed by atoms with Crippen LogP contribution < -0.4 is 5.56 Å². The zero-order valence-corrected chi connectivity index (χ0v) is 11.0. The number of carbonyl (C=O) groups is 1. The van der Waals surface area contributed by atoms with Crippen LogP contribution in [0.4, 0.5) is 0 Å². The van der Waals surface area contributed by atoms with Gasteiger partial charge >= 0.3 is 5.97 Å². The van der Waals surface area contributed by atoms with Crippen molar-refractivity contribution in [2.75, 3.05) is 0 Å². The Bertz CT molecular complexity index is 659. The lowest BCUT2D eigenvalue weighted by molar-refractivity contribution is -0.137. The first-order valence-corrected chi connectivity index (χ1v) is 6.37. The number of hydrogen-bond donors (Lipinski definition) is 1. The van der Waals surface area contributed by atoms with Crippen molar-refractivity contribution in [3.63, 3.8) is 0 Å². The van der Waals surface area contributed by atoms with E-state index in [0.717, 1.165) is 10.4 Å². The second kappa shape index (κ2) is 4.85. The first-order chi connectivity index (χ1) is 8.50. The smallest absolute Gasteiger partial charge is 0.303 e. The van der Waals surface area contributed by atoms with Crippen molar-refractivity contribution in [3.8, 4) is 0 Å². The SMILES string of the molecule is Cc1sc2nnn(CCCC(=O)O)c(=O)c2c1C. The molecule has 0 aliphatic heterocycles. The highest BCUT2D eigenvalue weighted by Gasteiger charge is 2.13. The Morgan fingerprint density at radius 1 is 1.44 bits per heavy atom. The van der Waals surface area contributed by atoms with Gasteiger partial charge in [-0.2, -0.15) is 0 Å². The van der Waals surface area contributed by atoms with E-state index in [1.165, 1.54) is 16.0 Å².